The molecule has 29 heavy (non-hydrogen) atoms. The van der Waals surface area contributed by atoms with E-state index in [1.807, 2.05) is 26.0 Å². The molecule has 0 aliphatic carbocycles. The van der Waals surface area contributed by atoms with E-state index in [1.165, 1.54) is 28.5 Å². The molecule has 0 radical (unpaired) electrons. The van der Waals surface area contributed by atoms with Crippen LogP contribution in [0.2, 0.25) is 0 Å². The second-order valence-electron chi connectivity index (χ2n) is 7.69. The van der Waals surface area contributed by atoms with E-state index in [0.717, 1.165) is 24.8 Å². The predicted molar refractivity (Wildman–Crippen MR) is 124 cm³/mol. The molecule has 0 saturated heterocycles. The lowest BCUT2D eigenvalue weighted by molar-refractivity contribution is -0.108. The Balaban J connectivity index is 1.55. The Morgan fingerprint density at radius 3 is 2.31 bits per heavy atom. The third-order valence-corrected chi connectivity index (χ3v) is 6.50. The maximum absolute atomic E-state index is 12.4. The van der Waals surface area contributed by atoms with Gasteiger partial charge < -0.3 is 5.11 Å². The first-order valence-electron chi connectivity index (χ1n) is 10.0. The minimum atomic E-state index is -0.669. The number of aryl methyl sites for hydroxylation is 1. The number of benzene rings is 2. The van der Waals surface area contributed by atoms with Gasteiger partial charge in [0.1, 0.15) is 5.76 Å². The highest BCUT2D eigenvalue weighted by molar-refractivity contribution is 8.16. The topological polar surface area (TPSA) is 37.3 Å². The standard InChI is InChI=1S/C26H28O2S/c1-4-19(2)18-26(3)24(27)23(25(28)29-26)13-9-8-10-20-14-16-22(17-15-20)21-11-6-5-7-12-21/h4-7,11-12,14-18,27H,1,8-10,13H2,2-3H3/b19-18+/t26-/m1/s1. The van der Waals surface area contributed by atoms with E-state index < -0.39 is 4.75 Å². The van der Waals surface area contributed by atoms with Gasteiger partial charge in [-0.05, 0) is 56.2 Å². The zero-order valence-electron chi connectivity index (χ0n) is 17.2. The minimum absolute atomic E-state index is 0.00896. The second kappa shape index (κ2) is 9.32. The largest absolute Gasteiger partial charge is 0.510 e. The van der Waals surface area contributed by atoms with E-state index in [0.29, 0.717) is 12.0 Å². The SMILES string of the molecule is C=C/C(C)=C/[C@@]1(C)SC(=O)C(CCCCc2ccc(-c3ccccc3)cc2)=C1O. The summed E-state index contributed by atoms with van der Waals surface area (Å²) < 4.78 is -0.669. The molecule has 0 fully saturated rings. The van der Waals surface area contributed by atoms with E-state index in [4.69, 9.17) is 0 Å². The molecule has 0 aromatic heterocycles. The first-order valence-corrected chi connectivity index (χ1v) is 10.9. The van der Waals surface area contributed by atoms with Gasteiger partial charge in [0.05, 0.1) is 4.75 Å². The molecule has 0 spiro atoms. The van der Waals surface area contributed by atoms with Crippen molar-refractivity contribution >= 4 is 16.9 Å². The molecule has 3 heteroatoms. The van der Waals surface area contributed by atoms with Crippen LogP contribution in [-0.4, -0.2) is 15.0 Å². The van der Waals surface area contributed by atoms with Gasteiger partial charge >= 0.3 is 0 Å². The van der Waals surface area contributed by atoms with Crippen LogP contribution in [0.3, 0.4) is 0 Å². The van der Waals surface area contributed by atoms with Crippen molar-refractivity contribution in [1.29, 1.82) is 0 Å². The van der Waals surface area contributed by atoms with E-state index in [2.05, 4.69) is 55.1 Å². The van der Waals surface area contributed by atoms with Gasteiger partial charge in [0.15, 0.2) is 0 Å². The number of thioether (sulfide) groups is 1. The second-order valence-corrected chi connectivity index (χ2v) is 9.11. The molecule has 0 unspecified atom stereocenters. The number of aliphatic hydroxyl groups excluding tert-OH is 1. The summed E-state index contributed by atoms with van der Waals surface area (Å²) in [6, 6.07) is 19.0. The van der Waals surface area contributed by atoms with Crippen LogP contribution in [0, 0.1) is 0 Å². The molecule has 0 saturated carbocycles. The minimum Gasteiger partial charge on any atom is -0.510 e. The van der Waals surface area contributed by atoms with Crippen molar-refractivity contribution in [3.8, 4) is 11.1 Å². The Labute approximate surface area is 178 Å². The summed E-state index contributed by atoms with van der Waals surface area (Å²) in [4.78, 5) is 12.4. The molecule has 1 heterocycles. The smallest absolute Gasteiger partial charge is 0.220 e. The number of aliphatic hydroxyl groups is 1. The molecule has 2 aromatic rings. The highest BCUT2D eigenvalue weighted by atomic mass is 32.2. The monoisotopic (exact) mass is 404 g/mol. The lowest BCUT2D eigenvalue weighted by Crippen LogP contribution is -2.17. The number of carbonyl (C=O) groups is 1. The summed E-state index contributed by atoms with van der Waals surface area (Å²) in [5.41, 5.74) is 5.27. The number of carbonyl (C=O) groups excluding carboxylic acids is 1. The Hall–Kier alpha value is -2.52. The van der Waals surface area contributed by atoms with Crippen molar-refractivity contribution in [2.75, 3.05) is 0 Å². The lowest BCUT2D eigenvalue weighted by Gasteiger charge is -2.18. The fourth-order valence-corrected chi connectivity index (χ4v) is 4.81. The average Bonchev–Trinajstić information content (AvgIpc) is 2.94. The van der Waals surface area contributed by atoms with Gasteiger partial charge in [-0.3, -0.25) is 4.79 Å². The van der Waals surface area contributed by atoms with Crippen LogP contribution < -0.4 is 0 Å². The molecule has 1 N–H and O–H groups in total. The lowest BCUT2D eigenvalue weighted by atomic mass is 9.97. The van der Waals surface area contributed by atoms with Crippen molar-refractivity contribution < 1.29 is 9.90 Å². The van der Waals surface area contributed by atoms with Gasteiger partial charge in [0.2, 0.25) is 5.12 Å². The van der Waals surface area contributed by atoms with E-state index >= 15 is 0 Å². The van der Waals surface area contributed by atoms with Gasteiger partial charge in [-0.25, -0.2) is 0 Å². The van der Waals surface area contributed by atoms with Gasteiger partial charge in [-0.15, -0.1) is 0 Å². The number of hydrogen-bond acceptors (Lipinski definition) is 3. The highest BCUT2D eigenvalue weighted by Gasteiger charge is 2.41. The van der Waals surface area contributed by atoms with Crippen molar-refractivity contribution in [2.45, 2.75) is 44.3 Å². The third kappa shape index (κ3) is 5.10. The summed E-state index contributed by atoms with van der Waals surface area (Å²) in [7, 11) is 0. The molecular formula is C26H28O2S. The molecule has 1 aliphatic rings. The molecule has 2 aromatic carbocycles. The molecule has 0 bridgehead atoms. The van der Waals surface area contributed by atoms with Gasteiger partial charge in [-0.2, -0.15) is 0 Å². The first kappa shape index (κ1) is 21.2. The quantitative estimate of drug-likeness (QED) is 0.378. The summed E-state index contributed by atoms with van der Waals surface area (Å²) in [5, 5.41) is 10.6. The number of unbranched alkanes of at least 4 members (excludes halogenated alkanes) is 1. The van der Waals surface area contributed by atoms with Crippen molar-refractivity contribution in [3.63, 3.8) is 0 Å². The summed E-state index contributed by atoms with van der Waals surface area (Å²) >= 11 is 1.19. The molecule has 1 aliphatic heterocycles. The maximum Gasteiger partial charge on any atom is 0.220 e. The zero-order valence-corrected chi connectivity index (χ0v) is 18.0. The fourth-order valence-electron chi connectivity index (χ4n) is 3.64. The Morgan fingerprint density at radius 1 is 1.03 bits per heavy atom. The molecule has 1 atom stereocenters. The van der Waals surface area contributed by atoms with Gasteiger partial charge in [0, 0.05) is 5.57 Å². The third-order valence-electron chi connectivity index (χ3n) is 5.34. The number of hydrogen-bond donors (Lipinski definition) is 1. The van der Waals surface area contributed by atoms with Crippen molar-refractivity contribution in [1.82, 2.24) is 0 Å². The average molecular weight is 405 g/mol. The van der Waals surface area contributed by atoms with Crippen LogP contribution >= 0.6 is 11.8 Å². The van der Waals surface area contributed by atoms with Crippen LogP contribution in [0.15, 0.2) is 90.2 Å². The van der Waals surface area contributed by atoms with Crippen LogP contribution in [0.25, 0.3) is 11.1 Å². The molecule has 3 rings (SSSR count). The molecule has 0 amide bonds. The normalized spacial score (nSPS) is 19.7. The van der Waals surface area contributed by atoms with Crippen LogP contribution in [0.4, 0.5) is 0 Å². The van der Waals surface area contributed by atoms with Crippen LogP contribution in [0.1, 0.15) is 38.7 Å². The predicted octanol–water partition coefficient (Wildman–Crippen LogP) is 7.04. The van der Waals surface area contributed by atoms with Gasteiger partial charge in [-0.1, -0.05) is 90.7 Å². The van der Waals surface area contributed by atoms with Gasteiger partial charge in [0.25, 0.3) is 0 Å². The van der Waals surface area contributed by atoms with Crippen molar-refractivity contribution in [3.05, 3.63) is 95.8 Å². The van der Waals surface area contributed by atoms with Crippen molar-refractivity contribution in [2.24, 2.45) is 0 Å². The molecule has 150 valence electrons. The maximum atomic E-state index is 12.4. The Bertz CT molecular complexity index is 938. The van der Waals surface area contributed by atoms with E-state index in [9.17, 15) is 9.90 Å². The molecular weight excluding hydrogens is 376 g/mol. The Kier molecular flexibility index (Phi) is 6.81. The summed E-state index contributed by atoms with van der Waals surface area (Å²) in [6.07, 6.45) is 7.11. The van der Waals surface area contributed by atoms with Crippen LogP contribution in [0.5, 0.6) is 0 Å². The molecule has 2 nitrogen and oxygen atoms in total. The number of rotatable bonds is 8. The summed E-state index contributed by atoms with van der Waals surface area (Å²) in [6.45, 7) is 7.57. The fraction of sp³-hybridized carbons (Fsp3) is 0.269. The Morgan fingerprint density at radius 2 is 1.66 bits per heavy atom. The summed E-state index contributed by atoms with van der Waals surface area (Å²) in [5.74, 6) is 0.209. The zero-order chi connectivity index (χ0) is 20.9. The number of allylic oxidation sites excluding steroid dienone is 2. The van der Waals surface area contributed by atoms with E-state index in [-0.39, 0.29) is 10.9 Å². The first-order chi connectivity index (χ1) is 13.9. The van der Waals surface area contributed by atoms with Crippen LogP contribution in [-0.2, 0) is 11.2 Å². The van der Waals surface area contributed by atoms with E-state index in [1.54, 1.807) is 6.08 Å². The highest BCUT2D eigenvalue weighted by Crippen LogP contribution is 2.45.